The van der Waals surface area contributed by atoms with E-state index in [1.807, 2.05) is 29.8 Å². The highest BCUT2D eigenvalue weighted by atomic mass is 32.1. The van der Waals surface area contributed by atoms with Gasteiger partial charge in [0, 0.05) is 5.69 Å². The van der Waals surface area contributed by atoms with Gasteiger partial charge in [0.25, 0.3) is 0 Å². The normalized spacial score (nSPS) is 10.8. The zero-order valence-corrected chi connectivity index (χ0v) is 9.37. The van der Waals surface area contributed by atoms with Crippen LogP contribution in [0.4, 0.5) is 5.69 Å². The van der Waals surface area contributed by atoms with Crippen LogP contribution in [0.5, 0.6) is 0 Å². The summed E-state index contributed by atoms with van der Waals surface area (Å²) in [5.41, 5.74) is 11.8. The molecule has 16 heavy (non-hydrogen) atoms. The van der Waals surface area contributed by atoms with E-state index in [-0.39, 0.29) is 0 Å². The molecular weight excluding hydrogens is 216 g/mol. The first-order valence-electron chi connectivity index (χ1n) is 5.02. The number of nitrogens with two attached hydrogens (primary N) is 1. The molecule has 0 atom stereocenters. The maximum Gasteiger partial charge on any atom is 0.0812 e. The molecule has 0 saturated carbocycles. The lowest BCUT2D eigenvalue weighted by Crippen LogP contribution is -1.84. The van der Waals surface area contributed by atoms with E-state index in [1.165, 1.54) is 10.3 Å². The summed E-state index contributed by atoms with van der Waals surface area (Å²) in [6, 6.07) is 14.2. The predicted octanol–water partition coefficient (Wildman–Crippen LogP) is 3.55. The zero-order chi connectivity index (χ0) is 11.0. The largest absolute Gasteiger partial charge is 0.399 e. The minimum Gasteiger partial charge on any atom is -0.399 e. The molecule has 0 saturated heterocycles. The van der Waals surface area contributed by atoms with Crippen LogP contribution in [0.3, 0.4) is 0 Å². The number of nitrogen functional groups attached to an aromatic ring is 1. The summed E-state index contributed by atoms with van der Waals surface area (Å²) in [7, 11) is 0. The van der Waals surface area contributed by atoms with E-state index in [4.69, 9.17) is 5.73 Å². The van der Waals surface area contributed by atoms with Crippen molar-refractivity contribution < 1.29 is 0 Å². The Labute approximate surface area is 97.4 Å². The Hall–Kier alpha value is -1.87. The molecule has 0 amide bonds. The number of aromatic nitrogens is 1. The van der Waals surface area contributed by atoms with Crippen LogP contribution in [0, 0.1) is 0 Å². The van der Waals surface area contributed by atoms with Crippen LogP contribution in [-0.4, -0.2) is 4.98 Å². The quantitative estimate of drug-likeness (QED) is 0.644. The Morgan fingerprint density at radius 1 is 1.00 bits per heavy atom. The highest BCUT2D eigenvalue weighted by Crippen LogP contribution is 2.27. The third kappa shape index (κ3) is 1.55. The van der Waals surface area contributed by atoms with Crippen LogP contribution in [0.1, 0.15) is 0 Å². The fraction of sp³-hybridized carbons (Fsp3) is 0. The van der Waals surface area contributed by atoms with Crippen molar-refractivity contribution in [3.8, 4) is 11.1 Å². The summed E-state index contributed by atoms with van der Waals surface area (Å²) in [6.07, 6.45) is 0. The summed E-state index contributed by atoms with van der Waals surface area (Å²) < 4.78 is 1.21. The first-order valence-corrected chi connectivity index (χ1v) is 5.90. The van der Waals surface area contributed by atoms with Crippen molar-refractivity contribution in [2.45, 2.75) is 0 Å². The number of fused-ring (bicyclic) bond motifs is 1. The Kier molecular flexibility index (Phi) is 2.11. The van der Waals surface area contributed by atoms with Crippen molar-refractivity contribution in [3.63, 3.8) is 0 Å². The van der Waals surface area contributed by atoms with Crippen LogP contribution in [-0.2, 0) is 0 Å². The number of nitrogens with zero attached hydrogens (tertiary/aromatic N) is 1. The van der Waals surface area contributed by atoms with Crippen LogP contribution < -0.4 is 5.73 Å². The Morgan fingerprint density at radius 3 is 2.75 bits per heavy atom. The number of hydrogen-bond donors (Lipinski definition) is 1. The fourth-order valence-electron chi connectivity index (χ4n) is 1.75. The molecule has 0 spiro atoms. The number of anilines is 1. The average Bonchev–Trinajstić information content (AvgIpc) is 2.75. The molecule has 2 nitrogen and oxygen atoms in total. The number of benzene rings is 2. The van der Waals surface area contributed by atoms with Crippen molar-refractivity contribution >= 4 is 27.2 Å². The first kappa shape index (κ1) is 9.36. The molecule has 78 valence electrons. The molecule has 0 fully saturated rings. The van der Waals surface area contributed by atoms with Gasteiger partial charge in [-0.05, 0) is 35.4 Å². The van der Waals surface area contributed by atoms with Gasteiger partial charge in [0.2, 0.25) is 0 Å². The average molecular weight is 226 g/mol. The SMILES string of the molecule is Nc1cccc(-c2ccc3ncsc3c2)c1. The van der Waals surface area contributed by atoms with Gasteiger partial charge in [0.1, 0.15) is 0 Å². The third-order valence-electron chi connectivity index (χ3n) is 2.55. The molecule has 3 rings (SSSR count). The predicted molar refractivity (Wildman–Crippen MR) is 69.5 cm³/mol. The van der Waals surface area contributed by atoms with Crippen molar-refractivity contribution in [2.75, 3.05) is 5.73 Å². The molecule has 1 aromatic heterocycles. The molecule has 3 heteroatoms. The smallest absolute Gasteiger partial charge is 0.0812 e. The van der Waals surface area contributed by atoms with E-state index in [9.17, 15) is 0 Å². The summed E-state index contributed by atoms with van der Waals surface area (Å²) in [5, 5.41) is 0. The van der Waals surface area contributed by atoms with Crippen LogP contribution in [0.2, 0.25) is 0 Å². The molecule has 0 unspecified atom stereocenters. The fourth-order valence-corrected chi connectivity index (χ4v) is 2.47. The maximum atomic E-state index is 5.78. The summed E-state index contributed by atoms with van der Waals surface area (Å²) >= 11 is 1.66. The van der Waals surface area contributed by atoms with E-state index >= 15 is 0 Å². The zero-order valence-electron chi connectivity index (χ0n) is 8.55. The minimum atomic E-state index is 0.793. The first-order chi connectivity index (χ1) is 7.83. The second kappa shape index (κ2) is 3.61. The highest BCUT2D eigenvalue weighted by molar-refractivity contribution is 7.16. The maximum absolute atomic E-state index is 5.78. The monoisotopic (exact) mass is 226 g/mol. The van der Waals surface area contributed by atoms with Gasteiger partial charge in [-0.15, -0.1) is 11.3 Å². The van der Waals surface area contributed by atoms with Gasteiger partial charge >= 0.3 is 0 Å². The lowest BCUT2D eigenvalue weighted by atomic mass is 10.1. The van der Waals surface area contributed by atoms with Crippen LogP contribution in [0.25, 0.3) is 21.3 Å². The van der Waals surface area contributed by atoms with Gasteiger partial charge in [-0.25, -0.2) is 4.98 Å². The Morgan fingerprint density at radius 2 is 1.88 bits per heavy atom. The molecule has 0 aliphatic heterocycles. The van der Waals surface area contributed by atoms with Gasteiger partial charge in [0.05, 0.1) is 15.7 Å². The molecule has 0 radical (unpaired) electrons. The summed E-state index contributed by atoms with van der Waals surface area (Å²) in [4.78, 5) is 4.26. The lowest BCUT2D eigenvalue weighted by molar-refractivity contribution is 1.50. The van der Waals surface area contributed by atoms with Crippen molar-refractivity contribution in [2.24, 2.45) is 0 Å². The molecule has 1 heterocycles. The Bertz CT molecular complexity index is 643. The molecule has 0 aliphatic carbocycles. The summed E-state index contributed by atoms with van der Waals surface area (Å²) in [5.74, 6) is 0. The molecule has 3 aromatic rings. The van der Waals surface area contributed by atoms with E-state index in [1.54, 1.807) is 11.3 Å². The van der Waals surface area contributed by atoms with E-state index in [2.05, 4.69) is 23.2 Å². The van der Waals surface area contributed by atoms with Crippen LogP contribution in [0.15, 0.2) is 48.0 Å². The van der Waals surface area contributed by atoms with Gasteiger partial charge in [0.15, 0.2) is 0 Å². The molecule has 0 aliphatic rings. The second-order valence-corrected chi connectivity index (χ2v) is 4.55. The van der Waals surface area contributed by atoms with E-state index < -0.39 is 0 Å². The molecule has 2 aromatic carbocycles. The highest BCUT2D eigenvalue weighted by Gasteiger charge is 2.01. The molecular formula is C13H10N2S. The minimum absolute atomic E-state index is 0.793. The van der Waals surface area contributed by atoms with Gasteiger partial charge in [-0.2, -0.15) is 0 Å². The standard InChI is InChI=1S/C13H10N2S/c14-11-3-1-2-9(6-11)10-4-5-12-13(7-10)16-8-15-12/h1-8H,14H2. The molecule has 2 N–H and O–H groups in total. The lowest BCUT2D eigenvalue weighted by Gasteiger charge is -2.02. The number of rotatable bonds is 1. The van der Waals surface area contributed by atoms with E-state index in [0.29, 0.717) is 0 Å². The van der Waals surface area contributed by atoms with Gasteiger partial charge in [-0.3, -0.25) is 0 Å². The Balaban J connectivity index is 2.18. The van der Waals surface area contributed by atoms with Gasteiger partial charge in [-0.1, -0.05) is 18.2 Å². The van der Waals surface area contributed by atoms with Crippen molar-refractivity contribution in [1.29, 1.82) is 0 Å². The third-order valence-corrected chi connectivity index (χ3v) is 3.34. The van der Waals surface area contributed by atoms with E-state index in [0.717, 1.165) is 16.8 Å². The van der Waals surface area contributed by atoms with Gasteiger partial charge < -0.3 is 5.73 Å². The second-order valence-electron chi connectivity index (χ2n) is 3.66. The molecule has 0 bridgehead atoms. The topological polar surface area (TPSA) is 38.9 Å². The van der Waals surface area contributed by atoms with Crippen molar-refractivity contribution in [1.82, 2.24) is 4.98 Å². The van der Waals surface area contributed by atoms with Crippen LogP contribution >= 0.6 is 11.3 Å². The van der Waals surface area contributed by atoms with Crippen molar-refractivity contribution in [3.05, 3.63) is 48.0 Å². The number of hydrogen-bond acceptors (Lipinski definition) is 3. The number of thiazole rings is 1. The summed E-state index contributed by atoms with van der Waals surface area (Å²) in [6.45, 7) is 0.